The molecular weight excluding hydrogens is 312 g/mol. The predicted molar refractivity (Wildman–Crippen MR) is 87.0 cm³/mol. The summed E-state index contributed by atoms with van der Waals surface area (Å²) < 4.78 is 5.00. The summed E-state index contributed by atoms with van der Waals surface area (Å²) in [6.07, 6.45) is 0.412. The molecule has 2 unspecified atom stereocenters. The van der Waals surface area contributed by atoms with Crippen LogP contribution >= 0.6 is 12.4 Å². The van der Waals surface area contributed by atoms with Crippen LogP contribution in [0.1, 0.15) is 47.5 Å². The first-order valence-corrected chi connectivity index (χ1v) is 6.58. The summed E-state index contributed by atoms with van der Waals surface area (Å²) in [5, 5.41) is 0. The molecule has 132 valence electrons. The van der Waals surface area contributed by atoms with Gasteiger partial charge in [-0.2, -0.15) is 0 Å². The predicted octanol–water partition coefficient (Wildman–Crippen LogP) is -0.448. The van der Waals surface area contributed by atoms with Crippen LogP contribution in [-0.4, -0.2) is 35.0 Å². The van der Waals surface area contributed by atoms with Gasteiger partial charge >= 0.3 is 5.97 Å². The average molecular weight is 341 g/mol. The number of primary amides is 2. The van der Waals surface area contributed by atoms with Gasteiger partial charge in [0.15, 0.2) is 0 Å². The highest BCUT2D eigenvalue weighted by Gasteiger charge is 2.31. The third-order valence-corrected chi connectivity index (χ3v) is 2.30. The lowest BCUT2D eigenvalue weighted by atomic mass is 9.99. The van der Waals surface area contributed by atoms with Gasteiger partial charge in [0, 0.05) is 0 Å². The quantitative estimate of drug-likeness (QED) is 0.495. The monoisotopic (exact) mass is 340 g/mol. The maximum atomic E-state index is 11.3. The number of ether oxygens (including phenoxy) is 1. The van der Waals surface area contributed by atoms with Crippen molar-refractivity contribution in [1.29, 1.82) is 0 Å². The summed E-state index contributed by atoms with van der Waals surface area (Å²) in [6, 6.07) is -0.458. The number of carbonyl (C=O) groups is 3. The van der Waals surface area contributed by atoms with E-state index in [9.17, 15) is 14.4 Å². The van der Waals surface area contributed by atoms with Crippen molar-refractivity contribution in [3.8, 4) is 0 Å². The van der Waals surface area contributed by atoms with E-state index in [-0.39, 0.29) is 18.8 Å². The molecular formula is C13H29ClN4O4. The molecule has 0 aliphatic rings. The van der Waals surface area contributed by atoms with Gasteiger partial charge in [0.05, 0.1) is 12.5 Å². The molecule has 0 saturated heterocycles. The van der Waals surface area contributed by atoms with Crippen LogP contribution in [0.3, 0.4) is 0 Å². The maximum Gasteiger partial charge on any atom is 0.308 e. The van der Waals surface area contributed by atoms with Crippen LogP contribution in [0, 0.1) is 0 Å². The lowest BCUT2D eigenvalue weighted by Gasteiger charge is -2.24. The third-order valence-electron chi connectivity index (χ3n) is 2.30. The molecule has 0 radical (unpaired) electrons. The van der Waals surface area contributed by atoms with E-state index in [1.54, 1.807) is 20.8 Å². The molecule has 0 aromatic carbocycles. The Hall–Kier alpha value is -1.38. The highest BCUT2D eigenvalue weighted by molar-refractivity contribution is 5.89. The Kier molecular flexibility index (Phi) is 12.0. The largest absolute Gasteiger partial charge is 0.460 e. The minimum atomic E-state index is -1.34. The Morgan fingerprint density at radius 1 is 1.09 bits per heavy atom. The topological polar surface area (TPSA) is 165 Å². The second kappa shape index (κ2) is 10.4. The lowest BCUT2D eigenvalue weighted by molar-refractivity contribution is -0.157. The van der Waals surface area contributed by atoms with Gasteiger partial charge in [0.2, 0.25) is 11.8 Å². The van der Waals surface area contributed by atoms with E-state index < -0.39 is 35.0 Å². The molecule has 0 aliphatic carbocycles. The number of halogens is 1. The van der Waals surface area contributed by atoms with Crippen molar-refractivity contribution in [1.82, 2.24) is 0 Å². The lowest BCUT2D eigenvalue weighted by Crippen LogP contribution is -2.51. The second-order valence-corrected chi connectivity index (χ2v) is 5.96. The van der Waals surface area contributed by atoms with E-state index in [1.165, 1.54) is 6.92 Å². The van der Waals surface area contributed by atoms with E-state index in [2.05, 4.69) is 0 Å². The van der Waals surface area contributed by atoms with Crippen molar-refractivity contribution in [2.24, 2.45) is 22.9 Å². The van der Waals surface area contributed by atoms with Crippen LogP contribution in [0.4, 0.5) is 0 Å². The maximum absolute atomic E-state index is 11.3. The van der Waals surface area contributed by atoms with Crippen molar-refractivity contribution in [3.63, 3.8) is 0 Å². The van der Waals surface area contributed by atoms with Gasteiger partial charge in [-0.25, -0.2) is 0 Å². The molecule has 2 amide bonds. The number of hydrogen-bond acceptors (Lipinski definition) is 6. The summed E-state index contributed by atoms with van der Waals surface area (Å²) in [7, 11) is 0. The molecule has 9 heteroatoms. The van der Waals surface area contributed by atoms with Gasteiger partial charge in [-0.05, 0) is 34.1 Å². The van der Waals surface area contributed by atoms with Crippen LogP contribution in [0.25, 0.3) is 0 Å². The number of rotatable bonds is 5. The van der Waals surface area contributed by atoms with E-state index in [0.29, 0.717) is 6.42 Å². The Labute approximate surface area is 137 Å². The molecule has 0 aliphatic heterocycles. The number of hydrogen-bond donors (Lipinski definition) is 4. The Balaban J connectivity index is -0.000000385. The van der Waals surface area contributed by atoms with Gasteiger partial charge in [0.1, 0.15) is 11.1 Å². The molecule has 0 aromatic rings. The molecule has 2 atom stereocenters. The highest BCUT2D eigenvalue weighted by atomic mass is 35.5. The molecule has 0 saturated carbocycles. The summed E-state index contributed by atoms with van der Waals surface area (Å²) in [4.78, 5) is 32.1. The fourth-order valence-corrected chi connectivity index (χ4v) is 0.966. The van der Waals surface area contributed by atoms with Crippen LogP contribution in [0.5, 0.6) is 0 Å². The first-order valence-electron chi connectivity index (χ1n) is 6.58. The van der Waals surface area contributed by atoms with Crippen molar-refractivity contribution in [2.45, 2.75) is 64.6 Å². The van der Waals surface area contributed by atoms with Crippen molar-refractivity contribution >= 4 is 30.2 Å². The number of carbonyl (C=O) groups excluding carboxylic acids is 3. The number of nitrogens with two attached hydrogens (primary N) is 4. The summed E-state index contributed by atoms with van der Waals surface area (Å²) in [6.45, 7) is 8.43. The first-order chi connectivity index (χ1) is 9.23. The minimum absolute atomic E-state index is 0. The fraction of sp³-hybridized carbons (Fsp3) is 0.769. The minimum Gasteiger partial charge on any atom is -0.460 e. The van der Waals surface area contributed by atoms with Gasteiger partial charge in [-0.15, -0.1) is 12.4 Å². The van der Waals surface area contributed by atoms with Crippen molar-refractivity contribution < 1.29 is 19.1 Å². The highest BCUT2D eigenvalue weighted by Crippen LogP contribution is 2.12. The number of amides is 2. The summed E-state index contributed by atoms with van der Waals surface area (Å²) >= 11 is 0. The smallest absolute Gasteiger partial charge is 0.308 e. The normalized spacial score (nSPS) is 14.3. The molecule has 0 heterocycles. The van der Waals surface area contributed by atoms with Crippen molar-refractivity contribution in [3.05, 3.63) is 0 Å². The van der Waals surface area contributed by atoms with Crippen LogP contribution in [0.15, 0.2) is 0 Å². The standard InChI is InChI=1S/C9H18N2O3.C4H10N2O.ClH/c1-8(2,3)14-6(12)5-9(4,11)7(10)13;1-2-3(5)4(6)7;/h5,11H2,1-4H3,(H2,10,13);3H,2,5H2,1H3,(H2,6,7);1H. The van der Waals surface area contributed by atoms with E-state index >= 15 is 0 Å². The molecule has 0 aromatic heterocycles. The average Bonchev–Trinajstić information content (AvgIpc) is 2.24. The van der Waals surface area contributed by atoms with Crippen LogP contribution < -0.4 is 22.9 Å². The van der Waals surface area contributed by atoms with Gasteiger partial charge < -0.3 is 27.7 Å². The summed E-state index contributed by atoms with van der Waals surface area (Å²) in [5.74, 6) is -1.67. The number of esters is 1. The molecule has 8 N–H and O–H groups in total. The zero-order valence-corrected chi connectivity index (χ0v) is 14.7. The fourth-order valence-electron chi connectivity index (χ4n) is 0.966. The van der Waals surface area contributed by atoms with E-state index in [1.807, 2.05) is 6.92 Å². The molecule has 22 heavy (non-hydrogen) atoms. The first kappa shape index (κ1) is 25.6. The van der Waals surface area contributed by atoms with E-state index in [0.717, 1.165) is 0 Å². The van der Waals surface area contributed by atoms with Gasteiger partial charge in [-0.3, -0.25) is 14.4 Å². The van der Waals surface area contributed by atoms with Crippen LogP contribution in [0.2, 0.25) is 0 Å². The van der Waals surface area contributed by atoms with Crippen molar-refractivity contribution in [2.75, 3.05) is 0 Å². The zero-order chi connectivity index (χ0) is 17.4. The third kappa shape index (κ3) is 13.6. The molecule has 0 fully saturated rings. The molecule has 8 nitrogen and oxygen atoms in total. The zero-order valence-electron chi connectivity index (χ0n) is 13.8. The SMILES string of the molecule is CC(C)(C)OC(=O)CC(C)(N)C(N)=O.CCC(N)C(N)=O.Cl. The Morgan fingerprint density at radius 3 is 1.68 bits per heavy atom. The molecule has 0 bridgehead atoms. The van der Waals surface area contributed by atoms with Gasteiger partial charge in [-0.1, -0.05) is 6.92 Å². The summed E-state index contributed by atoms with van der Waals surface area (Å²) in [5.41, 5.74) is 18.5. The van der Waals surface area contributed by atoms with E-state index in [4.69, 9.17) is 27.7 Å². The van der Waals surface area contributed by atoms with Crippen LogP contribution in [-0.2, 0) is 19.1 Å². The molecule has 0 spiro atoms. The second-order valence-electron chi connectivity index (χ2n) is 5.96. The Morgan fingerprint density at radius 2 is 1.50 bits per heavy atom. The molecule has 0 rings (SSSR count). The van der Waals surface area contributed by atoms with Gasteiger partial charge in [0.25, 0.3) is 0 Å². The Bertz CT molecular complexity index is 381.